The van der Waals surface area contributed by atoms with Gasteiger partial charge in [0, 0.05) is 28.9 Å². The highest BCUT2D eigenvalue weighted by Gasteiger charge is 2.12. The molecule has 4 rings (SSSR count). The van der Waals surface area contributed by atoms with E-state index in [0.717, 1.165) is 40.4 Å². The van der Waals surface area contributed by atoms with Gasteiger partial charge in [-0.05, 0) is 50.1 Å². The van der Waals surface area contributed by atoms with Crippen molar-refractivity contribution in [2.45, 2.75) is 32.7 Å². The number of aromatic nitrogens is 1. The molecule has 0 aliphatic heterocycles. The maximum atomic E-state index is 11.7. The Morgan fingerprint density at radius 2 is 1.55 bits per heavy atom. The summed E-state index contributed by atoms with van der Waals surface area (Å²) in [7, 11) is 0. The fourth-order valence-corrected chi connectivity index (χ4v) is 4.03. The maximum absolute atomic E-state index is 11.7. The number of ether oxygens (including phenoxy) is 2. The number of aryl methyl sites for hydroxylation is 1. The Balaban J connectivity index is 1.37. The number of carboxylic acid groups (broad SMARTS) is 1. The van der Waals surface area contributed by atoms with Crippen LogP contribution in [0.2, 0.25) is 0 Å². The molecule has 4 aromatic rings. The van der Waals surface area contributed by atoms with Gasteiger partial charge in [-0.2, -0.15) is 0 Å². The van der Waals surface area contributed by atoms with E-state index in [9.17, 15) is 9.59 Å². The van der Waals surface area contributed by atoms with Crippen LogP contribution in [0.25, 0.3) is 21.8 Å². The van der Waals surface area contributed by atoms with Gasteiger partial charge in [0.2, 0.25) is 0 Å². The van der Waals surface area contributed by atoms with Gasteiger partial charge in [-0.1, -0.05) is 30.3 Å². The summed E-state index contributed by atoms with van der Waals surface area (Å²) in [5.41, 5.74) is 2.59. The summed E-state index contributed by atoms with van der Waals surface area (Å²) in [6.45, 7) is 2.99. The van der Waals surface area contributed by atoms with E-state index in [2.05, 4.69) is 6.07 Å². The first kappa shape index (κ1) is 22.4. The molecule has 1 aromatic heterocycles. The number of hydrogen-bond donors (Lipinski definition) is 1. The van der Waals surface area contributed by atoms with Crippen LogP contribution in [-0.2, 0) is 11.3 Å². The lowest BCUT2D eigenvalue weighted by atomic mass is 10.1. The zero-order chi connectivity index (χ0) is 23.2. The van der Waals surface area contributed by atoms with Crippen LogP contribution in [-0.4, -0.2) is 34.6 Å². The highest BCUT2D eigenvalue weighted by molar-refractivity contribution is 6.08. The molecule has 0 amide bonds. The molecule has 6 nitrogen and oxygen atoms in total. The number of ketones is 1. The molecule has 0 saturated carbocycles. The van der Waals surface area contributed by atoms with Gasteiger partial charge in [0.05, 0.1) is 30.7 Å². The number of unbranched alkanes of at least 4 members (excludes halogenated alkanes) is 1. The fraction of sp³-hybridized carbons (Fsp3) is 0.259. The number of carbonyl (C=O) groups is 2. The van der Waals surface area contributed by atoms with Gasteiger partial charge in [-0.25, -0.2) is 0 Å². The molecular weight excluding hydrogens is 418 g/mol. The van der Waals surface area contributed by atoms with Crippen molar-refractivity contribution < 1.29 is 24.2 Å². The number of fused-ring (bicyclic) bond motifs is 3. The van der Waals surface area contributed by atoms with Gasteiger partial charge in [0.1, 0.15) is 11.5 Å². The lowest BCUT2D eigenvalue weighted by Gasteiger charge is -2.11. The molecule has 1 N–H and O–H groups in total. The number of aliphatic carboxylic acids is 1. The zero-order valence-corrected chi connectivity index (χ0v) is 18.6. The molecule has 0 spiro atoms. The Labute approximate surface area is 192 Å². The average molecular weight is 446 g/mol. The number of benzene rings is 3. The monoisotopic (exact) mass is 445 g/mol. The number of nitrogens with zero attached hydrogens (tertiary/aromatic N) is 1. The third kappa shape index (κ3) is 5.17. The summed E-state index contributed by atoms with van der Waals surface area (Å²) in [4.78, 5) is 22.8. The number of hydrogen-bond acceptors (Lipinski definition) is 4. The normalized spacial score (nSPS) is 11.1. The zero-order valence-electron chi connectivity index (χ0n) is 18.6. The van der Waals surface area contributed by atoms with Crippen LogP contribution in [0, 0.1) is 0 Å². The molecule has 0 unspecified atom stereocenters. The minimum absolute atomic E-state index is 0.00917. The minimum Gasteiger partial charge on any atom is -0.494 e. The first-order valence-corrected chi connectivity index (χ1v) is 11.1. The first-order valence-electron chi connectivity index (χ1n) is 11.1. The number of rotatable bonds is 11. The van der Waals surface area contributed by atoms with Gasteiger partial charge in [0.25, 0.3) is 0 Å². The number of carbonyl (C=O) groups excluding carboxylic acids is 1. The predicted octanol–water partition coefficient (Wildman–Crippen LogP) is 5.71. The summed E-state index contributed by atoms with van der Waals surface area (Å²) >= 11 is 0. The summed E-state index contributed by atoms with van der Waals surface area (Å²) in [6, 6.07) is 21.3. The van der Waals surface area contributed by atoms with E-state index in [4.69, 9.17) is 14.6 Å². The molecule has 1 heterocycles. The van der Waals surface area contributed by atoms with Crippen LogP contribution >= 0.6 is 0 Å². The van der Waals surface area contributed by atoms with E-state index in [1.54, 1.807) is 6.07 Å². The van der Waals surface area contributed by atoms with Crippen molar-refractivity contribution >= 4 is 33.6 Å². The van der Waals surface area contributed by atoms with Crippen molar-refractivity contribution in [1.29, 1.82) is 0 Å². The van der Waals surface area contributed by atoms with E-state index < -0.39 is 5.97 Å². The summed E-state index contributed by atoms with van der Waals surface area (Å²) in [5.74, 6) is 0.543. The van der Waals surface area contributed by atoms with Gasteiger partial charge >= 0.3 is 5.97 Å². The molecule has 0 saturated heterocycles. The predicted molar refractivity (Wildman–Crippen MR) is 128 cm³/mol. The molecule has 0 aliphatic carbocycles. The molecule has 0 fully saturated rings. The summed E-state index contributed by atoms with van der Waals surface area (Å²) in [6.07, 6.45) is 1.67. The van der Waals surface area contributed by atoms with Crippen LogP contribution in [0.5, 0.6) is 11.5 Å². The number of para-hydroxylation sites is 2. The molecule has 6 heteroatoms. The SMILES string of the molecule is CC(=O)c1ccccc1OCCCCOc1ccc2c3ccccc3n(CCC(=O)O)c2c1. The van der Waals surface area contributed by atoms with E-state index in [0.29, 0.717) is 31.1 Å². The molecule has 0 aliphatic rings. The summed E-state index contributed by atoms with van der Waals surface area (Å²) < 4.78 is 13.8. The molecule has 0 atom stereocenters. The lowest BCUT2D eigenvalue weighted by Crippen LogP contribution is -2.05. The van der Waals surface area contributed by atoms with Crippen LogP contribution < -0.4 is 9.47 Å². The second-order valence-electron chi connectivity index (χ2n) is 7.95. The molecule has 33 heavy (non-hydrogen) atoms. The Kier molecular flexibility index (Phi) is 6.93. The van der Waals surface area contributed by atoms with Crippen molar-refractivity contribution in [2.75, 3.05) is 13.2 Å². The van der Waals surface area contributed by atoms with Gasteiger partial charge in [-0.15, -0.1) is 0 Å². The van der Waals surface area contributed by atoms with E-state index >= 15 is 0 Å². The standard InChI is InChI=1S/C27H27NO5/c1-19(29)21-8-3-5-11-26(21)33-17-7-6-16-32-20-12-13-23-22-9-2-4-10-24(22)28(25(23)18-20)15-14-27(30)31/h2-5,8-13,18H,6-7,14-17H2,1H3,(H,30,31). The van der Waals surface area contributed by atoms with E-state index in [-0.39, 0.29) is 12.2 Å². The Hall–Kier alpha value is -3.80. The number of carboxylic acids is 1. The largest absolute Gasteiger partial charge is 0.494 e. The Morgan fingerprint density at radius 1 is 0.848 bits per heavy atom. The third-order valence-electron chi connectivity index (χ3n) is 5.63. The fourth-order valence-electron chi connectivity index (χ4n) is 4.03. The van der Waals surface area contributed by atoms with Crippen LogP contribution in [0.4, 0.5) is 0 Å². The molecule has 3 aromatic carbocycles. The van der Waals surface area contributed by atoms with Crippen molar-refractivity contribution in [3.05, 3.63) is 72.3 Å². The minimum atomic E-state index is -0.818. The van der Waals surface area contributed by atoms with Gasteiger partial charge < -0.3 is 19.1 Å². The first-order chi connectivity index (χ1) is 16.0. The van der Waals surface area contributed by atoms with Crippen LogP contribution in [0.15, 0.2) is 66.7 Å². The second-order valence-corrected chi connectivity index (χ2v) is 7.95. The highest BCUT2D eigenvalue weighted by atomic mass is 16.5. The maximum Gasteiger partial charge on any atom is 0.305 e. The van der Waals surface area contributed by atoms with Crippen molar-refractivity contribution in [2.24, 2.45) is 0 Å². The van der Waals surface area contributed by atoms with Crippen LogP contribution in [0.3, 0.4) is 0 Å². The third-order valence-corrected chi connectivity index (χ3v) is 5.63. The smallest absolute Gasteiger partial charge is 0.305 e. The summed E-state index contributed by atoms with van der Waals surface area (Å²) in [5, 5.41) is 11.3. The average Bonchev–Trinajstić information content (AvgIpc) is 3.13. The lowest BCUT2D eigenvalue weighted by molar-refractivity contribution is -0.137. The molecule has 0 radical (unpaired) electrons. The van der Waals surface area contributed by atoms with Crippen LogP contribution in [0.1, 0.15) is 36.5 Å². The van der Waals surface area contributed by atoms with Crippen molar-refractivity contribution in [3.8, 4) is 11.5 Å². The number of Topliss-reactive ketones (excluding diaryl/α,β-unsaturated/α-hetero) is 1. The van der Waals surface area contributed by atoms with Gasteiger partial charge in [0.15, 0.2) is 5.78 Å². The van der Waals surface area contributed by atoms with E-state index in [1.165, 1.54) is 6.92 Å². The van der Waals surface area contributed by atoms with E-state index in [1.807, 2.05) is 59.2 Å². The molecule has 170 valence electrons. The topological polar surface area (TPSA) is 77.8 Å². The highest BCUT2D eigenvalue weighted by Crippen LogP contribution is 2.32. The second kappa shape index (κ2) is 10.2. The van der Waals surface area contributed by atoms with Crippen molar-refractivity contribution in [1.82, 2.24) is 4.57 Å². The van der Waals surface area contributed by atoms with Gasteiger partial charge in [-0.3, -0.25) is 9.59 Å². The molecular formula is C27H27NO5. The molecule has 0 bridgehead atoms. The quantitative estimate of drug-likeness (QED) is 0.236. The Morgan fingerprint density at radius 3 is 2.33 bits per heavy atom. The Bertz CT molecular complexity index is 1290. The van der Waals surface area contributed by atoms with Crippen molar-refractivity contribution in [3.63, 3.8) is 0 Å².